The average molecular weight is 479 g/mol. The zero-order valence-corrected chi connectivity index (χ0v) is 16.1. The van der Waals surface area contributed by atoms with E-state index in [4.69, 9.17) is 0 Å². The minimum Gasteiger partial charge on any atom is -1.00 e. The van der Waals surface area contributed by atoms with Crippen LogP contribution in [0.3, 0.4) is 0 Å². The zero-order valence-electron chi connectivity index (χ0n) is 7.67. The third-order valence-electron chi connectivity index (χ3n) is 1.12. The molecular weight excluding hydrogens is 460 g/mol. The van der Waals surface area contributed by atoms with Crippen LogP contribution in [0.5, 0.6) is 0 Å². The summed E-state index contributed by atoms with van der Waals surface area (Å²) in [5.74, 6) is 0. The molecule has 11 heavy (non-hydrogen) atoms. The van der Waals surface area contributed by atoms with E-state index in [9.17, 15) is 0 Å². The molecule has 0 amide bonds. The van der Waals surface area contributed by atoms with Gasteiger partial charge in [0, 0.05) is 26.7 Å². The molecule has 0 saturated heterocycles. The maximum atomic E-state index is 2.40. The van der Waals surface area contributed by atoms with E-state index in [0.29, 0.717) is 0 Å². The first kappa shape index (κ1) is 19.4. The Hall–Kier alpha value is 2.86. The molecule has 0 spiro atoms. The molecule has 0 nitrogen and oxygen atoms in total. The van der Waals surface area contributed by atoms with Gasteiger partial charge < -0.3 is 24.0 Å². The maximum Gasteiger partial charge on any atom is -1.00 e. The van der Waals surface area contributed by atoms with Gasteiger partial charge in [-0.25, -0.2) is 0 Å². The van der Waals surface area contributed by atoms with Crippen LogP contribution in [0, 0.1) is 0 Å². The summed E-state index contributed by atoms with van der Waals surface area (Å²) in [4.78, 5) is 0. The predicted molar refractivity (Wildman–Crippen MR) is 69.8 cm³/mol. The van der Waals surface area contributed by atoms with Crippen LogP contribution in [0.25, 0.3) is 0 Å². The molecule has 0 N–H and O–H groups in total. The number of halogens is 2. The normalized spacial score (nSPS) is 8.73. The molecule has 0 aliphatic rings. The van der Waals surface area contributed by atoms with E-state index in [0.717, 1.165) is 0 Å². The molecule has 0 fully saturated rings. The van der Waals surface area contributed by atoms with E-state index < -0.39 is 0 Å². The van der Waals surface area contributed by atoms with E-state index in [1.165, 1.54) is 12.3 Å². The van der Waals surface area contributed by atoms with Crippen molar-refractivity contribution in [1.29, 1.82) is 0 Å². The standard InChI is InChI=1S/C6H16P2.GeI.HI/c1-7(2)5-6-8(3)4;1-2;/h5-6H2,1-4H3;;1H/p+1. The van der Waals surface area contributed by atoms with Gasteiger partial charge in [-0.3, -0.25) is 0 Å². The molecule has 0 aromatic carbocycles. The Morgan fingerprint density at radius 3 is 1.18 bits per heavy atom. The fourth-order valence-corrected chi connectivity index (χ4v) is 4.50. The molecule has 3 radical (unpaired) electrons. The number of rotatable bonds is 3. The van der Waals surface area contributed by atoms with Gasteiger partial charge >= 0.3 is 33.4 Å². The monoisotopic (exact) mass is 480 g/mol. The summed E-state index contributed by atoms with van der Waals surface area (Å²) in [6.07, 6.45) is 3.07. The van der Waals surface area contributed by atoms with Crippen LogP contribution in [0.15, 0.2) is 0 Å². The molecule has 0 atom stereocenters. The van der Waals surface area contributed by atoms with Crippen molar-refractivity contribution in [2.24, 2.45) is 0 Å². The molecule has 0 aromatic heterocycles. The molecule has 69 valence electrons. The van der Waals surface area contributed by atoms with Gasteiger partial charge in [-0.15, -0.1) is 0 Å². The van der Waals surface area contributed by atoms with Crippen molar-refractivity contribution in [3.63, 3.8) is 0 Å². The van der Waals surface area contributed by atoms with E-state index in [1.807, 2.05) is 13.2 Å². The van der Waals surface area contributed by atoms with Crippen molar-refractivity contribution in [1.82, 2.24) is 0 Å². The van der Waals surface area contributed by atoms with Crippen LogP contribution in [-0.4, -0.2) is 52.2 Å². The second kappa shape index (κ2) is 15.3. The predicted octanol–water partition coefficient (Wildman–Crippen LogP) is -0.557. The van der Waals surface area contributed by atoms with Gasteiger partial charge in [0.15, 0.2) is 0 Å². The van der Waals surface area contributed by atoms with Gasteiger partial charge in [0.1, 0.15) is 0 Å². The summed E-state index contributed by atoms with van der Waals surface area (Å²) in [6, 6.07) is 0. The van der Waals surface area contributed by atoms with Gasteiger partial charge in [0.25, 0.3) is 0 Å². The topological polar surface area (TPSA) is 0 Å². The Labute approximate surface area is 111 Å². The summed E-state index contributed by atoms with van der Waals surface area (Å²) in [6.45, 7) is 9.59. The van der Waals surface area contributed by atoms with Gasteiger partial charge in [-0.2, -0.15) is 0 Å². The third kappa shape index (κ3) is 24.6. The van der Waals surface area contributed by atoms with Crippen molar-refractivity contribution in [3.05, 3.63) is 0 Å². The molecule has 0 unspecified atom stereocenters. The van der Waals surface area contributed by atoms with Crippen LogP contribution in [-0.2, 0) is 0 Å². The molecule has 0 bridgehead atoms. The van der Waals surface area contributed by atoms with Crippen LogP contribution >= 0.6 is 36.1 Å². The smallest absolute Gasteiger partial charge is 1.00 e. The third-order valence-corrected chi connectivity index (χ3v) is 4.12. The van der Waals surface area contributed by atoms with E-state index in [2.05, 4.69) is 46.9 Å². The van der Waals surface area contributed by atoms with E-state index >= 15 is 0 Å². The summed E-state index contributed by atoms with van der Waals surface area (Å²) >= 11 is 4.12. The summed E-state index contributed by atoms with van der Waals surface area (Å²) in [7, 11) is 0.191. The van der Waals surface area contributed by atoms with E-state index in [-0.39, 0.29) is 39.8 Å². The van der Waals surface area contributed by atoms with Gasteiger partial charge in [-0.05, 0) is 15.8 Å². The van der Waals surface area contributed by atoms with Crippen molar-refractivity contribution >= 4 is 49.3 Å². The summed E-state index contributed by atoms with van der Waals surface area (Å²) in [5, 5.41) is 0. The van der Waals surface area contributed by atoms with Crippen molar-refractivity contribution in [2.45, 2.75) is 0 Å². The number of hydrogen-bond acceptors (Lipinski definition) is 0. The largest absolute Gasteiger partial charge is 1.00 e. The minimum absolute atomic E-state index is 0. The molecule has 0 aromatic rings. The van der Waals surface area contributed by atoms with Crippen LogP contribution in [0.1, 0.15) is 0 Å². The van der Waals surface area contributed by atoms with Gasteiger partial charge in [0.2, 0.25) is 0 Å². The Kier molecular flexibility index (Phi) is 27.1. The fourth-order valence-electron chi connectivity index (χ4n) is 0.500. The zero-order chi connectivity index (χ0) is 8.57. The molecule has 0 heterocycles. The number of hydrogen-bond donors (Lipinski definition) is 0. The maximum absolute atomic E-state index is 2.40. The van der Waals surface area contributed by atoms with Gasteiger partial charge in [0.05, 0.1) is 12.3 Å². The van der Waals surface area contributed by atoms with E-state index in [1.54, 1.807) is 0 Å². The van der Waals surface area contributed by atoms with Gasteiger partial charge in [-0.1, -0.05) is 0 Å². The van der Waals surface area contributed by atoms with Crippen molar-refractivity contribution in [3.8, 4) is 0 Å². The molecule has 0 aliphatic carbocycles. The van der Waals surface area contributed by atoms with Crippen LogP contribution in [0.4, 0.5) is 0 Å². The Balaban J connectivity index is -0.000000196. The molecule has 0 aliphatic heterocycles. The first-order valence-electron chi connectivity index (χ1n) is 3.40. The first-order valence-corrected chi connectivity index (χ1v) is 15.2. The molecular formula is C6H18GeI2P2+. The molecule has 5 heteroatoms. The van der Waals surface area contributed by atoms with Crippen molar-refractivity contribution in [2.75, 3.05) is 39.0 Å². The van der Waals surface area contributed by atoms with Crippen LogP contribution < -0.4 is 24.0 Å². The molecule has 0 saturated carbocycles. The Morgan fingerprint density at radius 1 is 0.909 bits per heavy atom. The second-order valence-electron chi connectivity index (χ2n) is 2.91. The van der Waals surface area contributed by atoms with Crippen LogP contribution in [0.2, 0.25) is 0 Å². The second-order valence-corrected chi connectivity index (χ2v) is 8.74. The minimum atomic E-state index is 0. The molecule has 0 rings (SSSR count). The quantitative estimate of drug-likeness (QED) is 0.290. The first-order chi connectivity index (χ1) is 4.63. The fraction of sp³-hybridized carbons (Fsp3) is 1.00. The summed E-state index contributed by atoms with van der Waals surface area (Å²) in [5.41, 5.74) is 0. The Bertz CT molecular complexity index is 54.5. The SMILES string of the molecule is C[PH+](C)CC[PH+](C)C.[Ge][I].[I-]. The average Bonchev–Trinajstić information content (AvgIpc) is 1.89. The Morgan fingerprint density at radius 2 is 1.09 bits per heavy atom. The van der Waals surface area contributed by atoms with Crippen molar-refractivity contribution < 1.29 is 24.0 Å². The summed E-state index contributed by atoms with van der Waals surface area (Å²) < 4.78 is 0.